The van der Waals surface area contributed by atoms with E-state index >= 15 is 0 Å². The van der Waals surface area contributed by atoms with Crippen LogP contribution in [0.3, 0.4) is 0 Å². The third kappa shape index (κ3) is 6.49. The van der Waals surface area contributed by atoms with Gasteiger partial charge < -0.3 is 4.98 Å². The van der Waals surface area contributed by atoms with Gasteiger partial charge in [-0.1, -0.05) is 110 Å². The lowest BCUT2D eigenvalue weighted by Crippen LogP contribution is -2.34. The van der Waals surface area contributed by atoms with Crippen LogP contribution in [-0.4, -0.2) is 30.8 Å². The molecule has 200 valence electrons. The van der Waals surface area contributed by atoms with Crippen LogP contribution in [0, 0.1) is 0 Å². The SMILES string of the molecule is CCCCC/C(=C/c1ccccc1)CN(CCc1c[nH]c2ccccc12)S(=O)(=O)c1ccc2ccccc2c1. The minimum atomic E-state index is -3.73. The number of sulfonamides is 1. The zero-order chi connectivity index (χ0) is 27.1. The molecule has 1 heterocycles. The van der Waals surface area contributed by atoms with E-state index in [4.69, 9.17) is 0 Å². The Hall–Kier alpha value is -3.67. The number of aromatic amines is 1. The molecule has 0 radical (unpaired) electrons. The number of nitrogens with zero attached hydrogens (tertiary/aromatic N) is 1. The topological polar surface area (TPSA) is 53.2 Å². The van der Waals surface area contributed by atoms with Gasteiger partial charge in [-0.2, -0.15) is 4.31 Å². The molecule has 0 spiro atoms. The van der Waals surface area contributed by atoms with Crippen LogP contribution >= 0.6 is 0 Å². The zero-order valence-electron chi connectivity index (χ0n) is 22.5. The van der Waals surface area contributed by atoms with Crippen molar-refractivity contribution in [2.24, 2.45) is 0 Å². The number of benzene rings is 4. The van der Waals surface area contributed by atoms with Crippen LogP contribution in [0.15, 0.2) is 114 Å². The van der Waals surface area contributed by atoms with Gasteiger partial charge in [0.2, 0.25) is 10.0 Å². The average molecular weight is 537 g/mol. The van der Waals surface area contributed by atoms with Crippen molar-refractivity contribution in [3.05, 3.63) is 120 Å². The van der Waals surface area contributed by atoms with Gasteiger partial charge in [-0.05, 0) is 59.4 Å². The lowest BCUT2D eigenvalue weighted by molar-refractivity contribution is 0.434. The summed E-state index contributed by atoms with van der Waals surface area (Å²) in [6.07, 6.45) is 8.97. The van der Waals surface area contributed by atoms with Crippen molar-refractivity contribution in [3.8, 4) is 0 Å². The van der Waals surface area contributed by atoms with Crippen molar-refractivity contribution in [1.29, 1.82) is 0 Å². The Morgan fingerprint density at radius 3 is 2.41 bits per heavy atom. The molecular weight excluding hydrogens is 500 g/mol. The van der Waals surface area contributed by atoms with Gasteiger partial charge in [0.1, 0.15) is 0 Å². The Morgan fingerprint density at radius 1 is 0.846 bits per heavy atom. The highest BCUT2D eigenvalue weighted by Crippen LogP contribution is 2.26. The van der Waals surface area contributed by atoms with Crippen LogP contribution in [0.1, 0.15) is 43.7 Å². The number of H-pyrrole nitrogens is 1. The number of unbranched alkanes of at least 4 members (excludes halogenated alkanes) is 2. The largest absolute Gasteiger partial charge is 0.361 e. The predicted octanol–water partition coefficient (Wildman–Crippen LogP) is 8.22. The van der Waals surface area contributed by atoms with E-state index < -0.39 is 10.0 Å². The minimum absolute atomic E-state index is 0.341. The molecule has 0 unspecified atom stereocenters. The van der Waals surface area contributed by atoms with Crippen molar-refractivity contribution in [3.63, 3.8) is 0 Å². The van der Waals surface area contributed by atoms with Crippen LogP contribution in [0.25, 0.3) is 27.8 Å². The van der Waals surface area contributed by atoms with E-state index in [1.807, 2.05) is 66.9 Å². The number of hydrogen-bond acceptors (Lipinski definition) is 2. The highest BCUT2D eigenvalue weighted by molar-refractivity contribution is 7.89. The highest BCUT2D eigenvalue weighted by Gasteiger charge is 2.26. The molecule has 4 nitrogen and oxygen atoms in total. The second-order valence-electron chi connectivity index (χ2n) is 10.1. The van der Waals surface area contributed by atoms with Crippen LogP contribution in [0.5, 0.6) is 0 Å². The normalized spacial score (nSPS) is 12.5. The molecule has 0 atom stereocenters. The Morgan fingerprint density at radius 2 is 1.59 bits per heavy atom. The first-order chi connectivity index (χ1) is 19.0. The summed E-state index contributed by atoms with van der Waals surface area (Å²) in [5, 5.41) is 3.10. The minimum Gasteiger partial charge on any atom is -0.361 e. The summed E-state index contributed by atoms with van der Waals surface area (Å²) in [7, 11) is -3.73. The fourth-order valence-electron chi connectivity index (χ4n) is 5.16. The number of para-hydroxylation sites is 1. The molecule has 0 fully saturated rings. The molecule has 1 aromatic heterocycles. The molecule has 5 aromatic rings. The van der Waals surface area contributed by atoms with Gasteiger partial charge in [0.05, 0.1) is 4.90 Å². The van der Waals surface area contributed by atoms with Gasteiger partial charge in [-0.3, -0.25) is 0 Å². The smallest absolute Gasteiger partial charge is 0.243 e. The van der Waals surface area contributed by atoms with Gasteiger partial charge in [0.15, 0.2) is 0 Å². The van der Waals surface area contributed by atoms with Crippen LogP contribution in [0.2, 0.25) is 0 Å². The summed E-state index contributed by atoms with van der Waals surface area (Å²) in [5.74, 6) is 0. The van der Waals surface area contributed by atoms with Gasteiger partial charge in [0.25, 0.3) is 0 Å². The fraction of sp³-hybridized carbons (Fsp3) is 0.235. The standard InChI is InChI=1S/C34H36N2O2S/c1-2-3-5-14-28(23-27-12-6-4-7-13-27)26-36(22-21-31-25-35-34-18-11-10-17-33(31)34)39(37,38)32-20-19-29-15-8-9-16-30(29)24-32/h4,6-13,15-20,23-25,35H,2-3,5,14,21-22,26H2,1H3/b28-23-. The summed E-state index contributed by atoms with van der Waals surface area (Å²) >= 11 is 0. The number of nitrogens with one attached hydrogen (secondary N) is 1. The van der Waals surface area contributed by atoms with Gasteiger partial charge in [-0.15, -0.1) is 0 Å². The lowest BCUT2D eigenvalue weighted by atomic mass is 10.0. The van der Waals surface area contributed by atoms with E-state index in [2.05, 4.69) is 42.2 Å². The van der Waals surface area contributed by atoms with E-state index in [0.717, 1.165) is 64.1 Å². The molecule has 0 amide bonds. The first kappa shape index (κ1) is 26.9. The third-order valence-corrected chi connectivity index (χ3v) is 9.16. The maximum atomic E-state index is 14.2. The van der Waals surface area contributed by atoms with Crippen molar-refractivity contribution in [2.75, 3.05) is 13.1 Å². The number of rotatable bonds is 12. The van der Waals surface area contributed by atoms with Crippen molar-refractivity contribution < 1.29 is 8.42 Å². The summed E-state index contributed by atoms with van der Waals surface area (Å²) in [4.78, 5) is 3.67. The van der Waals surface area contributed by atoms with E-state index in [1.165, 1.54) is 0 Å². The Labute approximate surface area is 232 Å². The molecule has 4 aromatic carbocycles. The fourth-order valence-corrected chi connectivity index (χ4v) is 6.64. The van der Waals surface area contributed by atoms with Crippen molar-refractivity contribution in [2.45, 2.75) is 43.9 Å². The van der Waals surface area contributed by atoms with Crippen LogP contribution in [-0.2, 0) is 16.4 Å². The summed E-state index contributed by atoms with van der Waals surface area (Å²) in [5.41, 5.74) is 4.44. The average Bonchev–Trinajstić information content (AvgIpc) is 3.38. The third-order valence-electron chi connectivity index (χ3n) is 7.32. The first-order valence-corrected chi connectivity index (χ1v) is 15.3. The molecule has 0 saturated carbocycles. The van der Waals surface area contributed by atoms with E-state index in [9.17, 15) is 8.42 Å². The van der Waals surface area contributed by atoms with Gasteiger partial charge >= 0.3 is 0 Å². The molecule has 5 heteroatoms. The molecule has 0 aliphatic carbocycles. The van der Waals surface area contributed by atoms with Crippen LogP contribution in [0.4, 0.5) is 0 Å². The Bertz CT molecular complexity index is 1670. The van der Waals surface area contributed by atoms with E-state index in [-0.39, 0.29) is 0 Å². The van der Waals surface area contributed by atoms with Crippen molar-refractivity contribution in [1.82, 2.24) is 9.29 Å². The summed E-state index contributed by atoms with van der Waals surface area (Å²) in [6.45, 7) is 2.96. The zero-order valence-corrected chi connectivity index (χ0v) is 23.3. The highest BCUT2D eigenvalue weighted by atomic mass is 32.2. The van der Waals surface area contributed by atoms with Gasteiger partial charge in [-0.25, -0.2) is 8.42 Å². The summed E-state index contributed by atoms with van der Waals surface area (Å²) < 4.78 is 30.1. The van der Waals surface area contributed by atoms with Gasteiger partial charge in [0, 0.05) is 30.2 Å². The molecule has 0 saturated heterocycles. The molecule has 0 aliphatic rings. The molecule has 39 heavy (non-hydrogen) atoms. The molecule has 1 N–H and O–H groups in total. The first-order valence-electron chi connectivity index (χ1n) is 13.8. The quantitative estimate of drug-likeness (QED) is 0.163. The molecular formula is C34H36N2O2S. The predicted molar refractivity (Wildman–Crippen MR) is 163 cm³/mol. The molecule has 0 bridgehead atoms. The molecule has 5 rings (SSSR count). The maximum Gasteiger partial charge on any atom is 0.243 e. The maximum absolute atomic E-state index is 14.2. The van der Waals surface area contributed by atoms with E-state index in [1.54, 1.807) is 16.4 Å². The molecule has 0 aliphatic heterocycles. The Balaban J connectivity index is 1.50. The van der Waals surface area contributed by atoms with Crippen LogP contribution < -0.4 is 0 Å². The number of fused-ring (bicyclic) bond motifs is 2. The lowest BCUT2D eigenvalue weighted by Gasteiger charge is -2.24. The van der Waals surface area contributed by atoms with Crippen molar-refractivity contribution >= 4 is 37.8 Å². The number of aromatic nitrogens is 1. The second-order valence-corrected chi connectivity index (χ2v) is 12.1. The summed E-state index contributed by atoms with van der Waals surface area (Å²) in [6, 6.07) is 31.7. The second kappa shape index (κ2) is 12.5. The number of hydrogen-bond donors (Lipinski definition) is 1. The van der Waals surface area contributed by atoms with E-state index in [0.29, 0.717) is 24.4 Å². The Kier molecular flexibility index (Phi) is 8.60. The monoisotopic (exact) mass is 536 g/mol.